The fourth-order valence-corrected chi connectivity index (χ4v) is 1.46. The number of nitrogens with one attached hydrogen (secondary N) is 1. The van der Waals surface area contributed by atoms with Crippen LogP contribution in [0.1, 0.15) is 27.2 Å². The fraction of sp³-hybridized carbons (Fsp3) is 1.00. The Bertz CT molecular complexity index is 117. The summed E-state index contributed by atoms with van der Waals surface area (Å²) in [5.74, 6) is 0.611. The Morgan fingerprint density at radius 1 is 1.31 bits per heavy atom. The molecule has 0 aliphatic rings. The van der Waals surface area contributed by atoms with Gasteiger partial charge in [0, 0.05) is 19.2 Å². The van der Waals surface area contributed by atoms with Crippen LogP contribution in [0, 0.1) is 5.92 Å². The van der Waals surface area contributed by atoms with Gasteiger partial charge in [0.1, 0.15) is 0 Å². The van der Waals surface area contributed by atoms with E-state index in [0.717, 1.165) is 6.42 Å². The minimum atomic E-state index is 0.199. The highest BCUT2D eigenvalue weighted by Crippen LogP contribution is 2.04. The molecular weight excluding hydrogens is 166 g/mol. The van der Waals surface area contributed by atoms with Gasteiger partial charge in [-0.2, -0.15) is 0 Å². The second-order valence-electron chi connectivity index (χ2n) is 4.03. The molecule has 0 fully saturated rings. The van der Waals surface area contributed by atoms with E-state index in [1.54, 1.807) is 7.11 Å². The number of rotatable bonds is 7. The number of hydrogen-bond acceptors (Lipinski definition) is 3. The standard InChI is InChI=1S/C10H23NO2/c1-8(2)5-10(6-12)11-9(3)7-13-4/h8-12H,5-7H2,1-4H3/t9-,10+/m1/s1. The maximum atomic E-state index is 9.09. The molecule has 0 rings (SSSR count). The molecule has 0 aromatic rings. The average Bonchev–Trinajstić information content (AvgIpc) is 2.02. The summed E-state index contributed by atoms with van der Waals surface area (Å²) in [7, 11) is 1.69. The first-order valence-corrected chi connectivity index (χ1v) is 4.96. The molecule has 0 spiro atoms. The Morgan fingerprint density at radius 3 is 2.31 bits per heavy atom. The van der Waals surface area contributed by atoms with Gasteiger partial charge < -0.3 is 15.2 Å². The summed E-state index contributed by atoms with van der Waals surface area (Å²) in [6.07, 6.45) is 1.00. The van der Waals surface area contributed by atoms with Gasteiger partial charge in [-0.05, 0) is 19.3 Å². The van der Waals surface area contributed by atoms with E-state index >= 15 is 0 Å². The molecule has 0 radical (unpaired) electrons. The molecule has 2 N–H and O–H groups in total. The summed E-state index contributed by atoms with van der Waals surface area (Å²) in [6.45, 7) is 7.27. The van der Waals surface area contributed by atoms with Crippen molar-refractivity contribution in [2.24, 2.45) is 5.92 Å². The SMILES string of the molecule is COC[C@@H](C)N[C@H](CO)CC(C)C. The molecule has 2 atom stereocenters. The van der Waals surface area contributed by atoms with Crippen molar-refractivity contribution in [3.8, 4) is 0 Å². The monoisotopic (exact) mass is 189 g/mol. The lowest BCUT2D eigenvalue weighted by Crippen LogP contribution is -2.41. The van der Waals surface area contributed by atoms with Crippen LogP contribution in [0.3, 0.4) is 0 Å². The molecule has 0 bridgehead atoms. The Morgan fingerprint density at radius 2 is 1.92 bits per heavy atom. The molecule has 3 heteroatoms. The molecule has 0 aromatic heterocycles. The predicted octanol–water partition coefficient (Wildman–Crippen LogP) is 1.02. The van der Waals surface area contributed by atoms with E-state index < -0.39 is 0 Å². The van der Waals surface area contributed by atoms with Crippen LogP contribution in [-0.4, -0.2) is 37.5 Å². The van der Waals surface area contributed by atoms with Crippen molar-refractivity contribution < 1.29 is 9.84 Å². The minimum Gasteiger partial charge on any atom is -0.395 e. The summed E-state index contributed by atoms with van der Waals surface area (Å²) in [5, 5.41) is 12.4. The van der Waals surface area contributed by atoms with Crippen LogP contribution in [0.4, 0.5) is 0 Å². The van der Waals surface area contributed by atoms with Gasteiger partial charge in [-0.3, -0.25) is 0 Å². The van der Waals surface area contributed by atoms with Crippen LogP contribution >= 0.6 is 0 Å². The van der Waals surface area contributed by atoms with Crippen LogP contribution in [0.2, 0.25) is 0 Å². The molecule has 80 valence electrons. The molecule has 13 heavy (non-hydrogen) atoms. The summed E-state index contributed by atoms with van der Waals surface area (Å²) in [4.78, 5) is 0. The van der Waals surface area contributed by atoms with Crippen molar-refractivity contribution in [2.75, 3.05) is 20.3 Å². The summed E-state index contributed by atoms with van der Waals surface area (Å²) < 4.78 is 5.01. The van der Waals surface area contributed by atoms with Gasteiger partial charge in [-0.25, -0.2) is 0 Å². The third-order valence-electron chi connectivity index (χ3n) is 1.91. The lowest BCUT2D eigenvalue weighted by Gasteiger charge is -2.22. The smallest absolute Gasteiger partial charge is 0.0613 e. The number of methoxy groups -OCH3 is 1. The van der Waals surface area contributed by atoms with E-state index in [1.165, 1.54) is 0 Å². The van der Waals surface area contributed by atoms with E-state index in [9.17, 15) is 0 Å². The maximum Gasteiger partial charge on any atom is 0.0613 e. The Balaban J connectivity index is 3.69. The van der Waals surface area contributed by atoms with Crippen LogP contribution in [0.15, 0.2) is 0 Å². The number of ether oxygens (including phenoxy) is 1. The lowest BCUT2D eigenvalue weighted by atomic mass is 10.0. The molecule has 0 amide bonds. The molecule has 0 heterocycles. The minimum absolute atomic E-state index is 0.199. The zero-order valence-corrected chi connectivity index (χ0v) is 9.21. The van der Waals surface area contributed by atoms with Crippen LogP contribution in [0.5, 0.6) is 0 Å². The topological polar surface area (TPSA) is 41.5 Å². The normalized spacial score (nSPS) is 16.2. The molecular formula is C10H23NO2. The van der Waals surface area contributed by atoms with Crippen LogP contribution < -0.4 is 5.32 Å². The first-order valence-electron chi connectivity index (χ1n) is 4.96. The summed E-state index contributed by atoms with van der Waals surface area (Å²) >= 11 is 0. The predicted molar refractivity (Wildman–Crippen MR) is 54.8 cm³/mol. The largest absolute Gasteiger partial charge is 0.395 e. The van der Waals surface area contributed by atoms with Crippen molar-refractivity contribution in [3.63, 3.8) is 0 Å². The second-order valence-corrected chi connectivity index (χ2v) is 4.03. The van der Waals surface area contributed by atoms with Crippen molar-refractivity contribution in [3.05, 3.63) is 0 Å². The van der Waals surface area contributed by atoms with E-state index in [-0.39, 0.29) is 12.6 Å². The quantitative estimate of drug-likeness (QED) is 0.628. The van der Waals surface area contributed by atoms with Crippen LogP contribution in [-0.2, 0) is 4.74 Å². The van der Waals surface area contributed by atoms with Crippen molar-refractivity contribution in [1.82, 2.24) is 5.32 Å². The Hall–Kier alpha value is -0.120. The van der Waals surface area contributed by atoms with Crippen molar-refractivity contribution >= 4 is 0 Å². The van der Waals surface area contributed by atoms with Gasteiger partial charge >= 0.3 is 0 Å². The highest BCUT2D eigenvalue weighted by Gasteiger charge is 2.12. The van der Waals surface area contributed by atoms with Gasteiger partial charge in [0.05, 0.1) is 13.2 Å². The fourth-order valence-electron chi connectivity index (χ4n) is 1.46. The first-order chi connectivity index (χ1) is 6.10. The highest BCUT2D eigenvalue weighted by molar-refractivity contribution is 4.71. The third kappa shape index (κ3) is 6.99. The van der Waals surface area contributed by atoms with Crippen molar-refractivity contribution in [2.45, 2.75) is 39.3 Å². The van der Waals surface area contributed by atoms with Gasteiger partial charge in [0.15, 0.2) is 0 Å². The highest BCUT2D eigenvalue weighted by atomic mass is 16.5. The third-order valence-corrected chi connectivity index (χ3v) is 1.91. The lowest BCUT2D eigenvalue weighted by molar-refractivity contribution is 0.149. The van der Waals surface area contributed by atoms with E-state index in [1.807, 2.05) is 0 Å². The summed E-state index contributed by atoms with van der Waals surface area (Å²) in [5.41, 5.74) is 0. The molecule has 0 saturated heterocycles. The first kappa shape index (κ1) is 12.9. The molecule has 0 aliphatic heterocycles. The Labute approximate surface area is 81.5 Å². The van der Waals surface area contributed by atoms with E-state index in [0.29, 0.717) is 18.6 Å². The number of hydrogen-bond donors (Lipinski definition) is 2. The molecule has 0 aromatic carbocycles. The Kier molecular flexibility index (Phi) is 7.23. The number of aliphatic hydroxyl groups excluding tert-OH is 1. The second kappa shape index (κ2) is 7.30. The molecule has 0 saturated carbocycles. The van der Waals surface area contributed by atoms with Crippen LogP contribution in [0.25, 0.3) is 0 Å². The number of aliphatic hydroxyl groups is 1. The molecule has 3 nitrogen and oxygen atoms in total. The van der Waals surface area contributed by atoms with Gasteiger partial charge in [0.25, 0.3) is 0 Å². The van der Waals surface area contributed by atoms with Gasteiger partial charge in [-0.15, -0.1) is 0 Å². The molecule has 0 unspecified atom stereocenters. The summed E-state index contributed by atoms with van der Waals surface area (Å²) in [6, 6.07) is 0.506. The zero-order chi connectivity index (χ0) is 10.3. The van der Waals surface area contributed by atoms with Gasteiger partial charge in [-0.1, -0.05) is 13.8 Å². The van der Waals surface area contributed by atoms with Gasteiger partial charge in [0.2, 0.25) is 0 Å². The van der Waals surface area contributed by atoms with E-state index in [2.05, 4.69) is 26.1 Å². The van der Waals surface area contributed by atoms with E-state index in [4.69, 9.17) is 9.84 Å². The molecule has 0 aliphatic carbocycles. The average molecular weight is 189 g/mol. The van der Waals surface area contributed by atoms with Crippen molar-refractivity contribution in [1.29, 1.82) is 0 Å². The maximum absolute atomic E-state index is 9.09. The zero-order valence-electron chi connectivity index (χ0n) is 9.21.